The van der Waals surface area contributed by atoms with E-state index in [-0.39, 0.29) is 13.2 Å². The van der Waals surface area contributed by atoms with Gasteiger partial charge in [-0.25, -0.2) is 4.98 Å². The van der Waals surface area contributed by atoms with Crippen molar-refractivity contribution in [2.45, 2.75) is 12.5 Å². The number of aliphatic hydroxyl groups excluding tert-OH is 2. The normalized spacial score (nSPS) is 11.6. The van der Waals surface area contributed by atoms with Crippen LogP contribution in [0.2, 0.25) is 0 Å². The van der Waals surface area contributed by atoms with Crippen molar-refractivity contribution in [1.82, 2.24) is 4.98 Å². The molecule has 1 aromatic carbocycles. The second-order valence-corrected chi connectivity index (χ2v) is 4.75. The van der Waals surface area contributed by atoms with Gasteiger partial charge in [-0.1, -0.05) is 0 Å². The van der Waals surface area contributed by atoms with E-state index in [1.54, 1.807) is 20.2 Å². The van der Waals surface area contributed by atoms with Crippen LogP contribution in [0.15, 0.2) is 30.5 Å². The topological polar surface area (TPSA) is 74.6 Å². The highest BCUT2D eigenvalue weighted by Crippen LogP contribution is 2.26. The number of aliphatic hydroxyl groups is 2. The van der Waals surface area contributed by atoms with Gasteiger partial charge in [0.25, 0.3) is 0 Å². The molecule has 19 heavy (non-hydrogen) atoms. The van der Waals surface area contributed by atoms with Gasteiger partial charge in [0.1, 0.15) is 11.6 Å². The van der Waals surface area contributed by atoms with Gasteiger partial charge in [-0.05, 0) is 36.6 Å². The number of nitrogens with zero attached hydrogens (tertiary/aromatic N) is 1. The molecule has 2 rings (SSSR count). The molecule has 2 aromatic rings. The first-order chi connectivity index (χ1) is 9.11. The first-order valence-corrected chi connectivity index (χ1v) is 6.04. The fraction of sp³-hybridized carbons (Fsp3) is 0.357. The summed E-state index contributed by atoms with van der Waals surface area (Å²) in [4.78, 5) is 4.27. The molecule has 102 valence electrons. The Morgan fingerprint density at radius 1 is 1.26 bits per heavy atom. The number of benzene rings is 1. The fourth-order valence-electron chi connectivity index (χ4n) is 1.80. The summed E-state index contributed by atoms with van der Waals surface area (Å²) in [5.74, 6) is 1.41. The molecule has 3 N–H and O–H groups in total. The summed E-state index contributed by atoms with van der Waals surface area (Å²) in [6, 6.07) is 7.55. The molecule has 1 heterocycles. The smallest absolute Gasteiger partial charge is 0.134 e. The summed E-state index contributed by atoms with van der Waals surface area (Å²) in [7, 11) is 1.62. The molecule has 0 bridgehead atoms. The molecule has 0 fully saturated rings. The van der Waals surface area contributed by atoms with Gasteiger partial charge in [0.15, 0.2) is 0 Å². The number of rotatable bonds is 5. The Labute approximate surface area is 111 Å². The van der Waals surface area contributed by atoms with Crippen LogP contribution < -0.4 is 10.1 Å². The molecule has 0 aliphatic carbocycles. The molecule has 0 spiro atoms. The summed E-state index contributed by atoms with van der Waals surface area (Å²) in [6.07, 6.45) is 1.68. The Morgan fingerprint density at radius 2 is 2.00 bits per heavy atom. The molecular formula is C14H18N2O3. The minimum Gasteiger partial charge on any atom is -0.497 e. The van der Waals surface area contributed by atoms with Gasteiger partial charge in [0, 0.05) is 11.6 Å². The quantitative estimate of drug-likeness (QED) is 0.759. The Hall–Kier alpha value is -1.85. The average molecular weight is 262 g/mol. The van der Waals surface area contributed by atoms with Crippen LogP contribution in [0, 0.1) is 0 Å². The molecule has 0 unspecified atom stereocenters. The second-order valence-electron chi connectivity index (χ2n) is 4.75. The molecular weight excluding hydrogens is 244 g/mol. The molecule has 5 nitrogen and oxygen atoms in total. The Kier molecular flexibility index (Phi) is 3.87. The highest BCUT2D eigenvalue weighted by Gasteiger charge is 2.23. The Morgan fingerprint density at radius 3 is 2.63 bits per heavy atom. The van der Waals surface area contributed by atoms with Crippen LogP contribution in [0.3, 0.4) is 0 Å². The number of aromatic nitrogens is 1. The predicted molar refractivity (Wildman–Crippen MR) is 74.5 cm³/mol. The average Bonchev–Trinajstić information content (AvgIpc) is 2.46. The van der Waals surface area contributed by atoms with Crippen molar-refractivity contribution < 1.29 is 14.9 Å². The molecule has 0 atom stereocenters. The van der Waals surface area contributed by atoms with E-state index in [1.807, 2.05) is 24.3 Å². The third-order valence-corrected chi connectivity index (χ3v) is 3.09. The van der Waals surface area contributed by atoms with Gasteiger partial charge >= 0.3 is 0 Å². The standard InChI is InChI=1S/C14H18N2O3/c1-14(8-17,9-18)16-13-12-4-3-11(19-2)7-10(12)5-6-15-13/h3-7,17-18H,8-9H2,1-2H3,(H,15,16). The molecule has 0 saturated carbocycles. The summed E-state index contributed by atoms with van der Waals surface area (Å²) in [6.45, 7) is 1.37. The van der Waals surface area contributed by atoms with Gasteiger partial charge in [-0.2, -0.15) is 0 Å². The number of hydrogen-bond acceptors (Lipinski definition) is 5. The van der Waals surface area contributed by atoms with Crippen molar-refractivity contribution in [3.05, 3.63) is 30.5 Å². The minimum atomic E-state index is -0.804. The van der Waals surface area contributed by atoms with Crippen LogP contribution in [0.4, 0.5) is 5.82 Å². The SMILES string of the molecule is COc1ccc2c(NC(C)(CO)CO)nccc2c1. The van der Waals surface area contributed by atoms with Gasteiger partial charge in [-0.3, -0.25) is 0 Å². The highest BCUT2D eigenvalue weighted by molar-refractivity contribution is 5.92. The van der Waals surface area contributed by atoms with E-state index in [9.17, 15) is 10.2 Å². The maximum atomic E-state index is 9.33. The summed E-state index contributed by atoms with van der Waals surface area (Å²) < 4.78 is 5.18. The zero-order valence-electron chi connectivity index (χ0n) is 11.1. The number of nitrogens with one attached hydrogen (secondary N) is 1. The summed E-state index contributed by atoms with van der Waals surface area (Å²) in [5.41, 5.74) is -0.804. The van der Waals surface area contributed by atoms with Crippen molar-refractivity contribution in [2.24, 2.45) is 0 Å². The molecule has 0 saturated heterocycles. The molecule has 0 radical (unpaired) electrons. The van der Waals surface area contributed by atoms with E-state index in [0.717, 1.165) is 16.5 Å². The van der Waals surface area contributed by atoms with Crippen molar-refractivity contribution in [1.29, 1.82) is 0 Å². The second kappa shape index (κ2) is 5.42. The van der Waals surface area contributed by atoms with E-state index >= 15 is 0 Å². The van der Waals surface area contributed by atoms with E-state index in [1.165, 1.54) is 0 Å². The van der Waals surface area contributed by atoms with Crippen LogP contribution in [0.5, 0.6) is 5.75 Å². The molecule has 0 aliphatic rings. The third kappa shape index (κ3) is 2.77. The maximum absolute atomic E-state index is 9.33. The van der Waals surface area contributed by atoms with E-state index in [4.69, 9.17) is 4.74 Å². The third-order valence-electron chi connectivity index (χ3n) is 3.09. The lowest BCUT2D eigenvalue weighted by Gasteiger charge is -2.27. The summed E-state index contributed by atoms with van der Waals surface area (Å²) >= 11 is 0. The lowest BCUT2D eigenvalue weighted by atomic mass is 10.0. The lowest BCUT2D eigenvalue weighted by molar-refractivity contribution is 0.147. The van der Waals surface area contributed by atoms with Crippen molar-refractivity contribution >= 4 is 16.6 Å². The van der Waals surface area contributed by atoms with Crippen LogP contribution >= 0.6 is 0 Å². The molecule has 5 heteroatoms. The number of methoxy groups -OCH3 is 1. The van der Waals surface area contributed by atoms with Crippen LogP contribution in [-0.4, -0.2) is 41.1 Å². The zero-order valence-corrected chi connectivity index (χ0v) is 11.1. The summed E-state index contributed by atoms with van der Waals surface area (Å²) in [5, 5.41) is 23.6. The van der Waals surface area contributed by atoms with Crippen molar-refractivity contribution in [3.8, 4) is 5.75 Å². The molecule has 1 aromatic heterocycles. The first kappa shape index (κ1) is 13.6. The first-order valence-electron chi connectivity index (χ1n) is 6.04. The highest BCUT2D eigenvalue weighted by atomic mass is 16.5. The fourth-order valence-corrected chi connectivity index (χ4v) is 1.80. The van der Waals surface area contributed by atoms with Crippen LogP contribution in [0.25, 0.3) is 10.8 Å². The molecule has 0 aliphatic heterocycles. The van der Waals surface area contributed by atoms with Gasteiger partial charge in [-0.15, -0.1) is 0 Å². The van der Waals surface area contributed by atoms with E-state index in [2.05, 4.69) is 10.3 Å². The van der Waals surface area contributed by atoms with Gasteiger partial charge < -0.3 is 20.3 Å². The van der Waals surface area contributed by atoms with Crippen LogP contribution in [0.1, 0.15) is 6.92 Å². The van der Waals surface area contributed by atoms with E-state index < -0.39 is 5.54 Å². The predicted octanol–water partition coefficient (Wildman–Crippen LogP) is 1.40. The number of pyridine rings is 1. The lowest BCUT2D eigenvalue weighted by Crippen LogP contribution is -2.42. The van der Waals surface area contributed by atoms with Gasteiger partial charge in [0.2, 0.25) is 0 Å². The number of anilines is 1. The van der Waals surface area contributed by atoms with Crippen LogP contribution in [-0.2, 0) is 0 Å². The number of hydrogen-bond donors (Lipinski definition) is 3. The number of fused-ring (bicyclic) bond motifs is 1. The monoisotopic (exact) mass is 262 g/mol. The Balaban J connectivity index is 2.44. The number of ether oxygens (including phenoxy) is 1. The van der Waals surface area contributed by atoms with Gasteiger partial charge in [0.05, 0.1) is 25.9 Å². The Bertz CT molecular complexity index is 568. The van der Waals surface area contributed by atoms with Crippen molar-refractivity contribution in [2.75, 3.05) is 25.6 Å². The zero-order chi connectivity index (χ0) is 13.9. The maximum Gasteiger partial charge on any atom is 0.134 e. The minimum absolute atomic E-state index is 0.183. The largest absolute Gasteiger partial charge is 0.497 e. The molecule has 0 amide bonds. The van der Waals surface area contributed by atoms with Crippen molar-refractivity contribution in [3.63, 3.8) is 0 Å². The van der Waals surface area contributed by atoms with E-state index in [0.29, 0.717) is 5.82 Å².